The molecule has 0 bridgehead atoms. The van der Waals surface area contributed by atoms with Crippen molar-refractivity contribution >= 4 is 42.1 Å². The highest BCUT2D eigenvalue weighted by Crippen LogP contribution is 2.16. The second-order valence-corrected chi connectivity index (χ2v) is 4.87. The molecule has 1 heterocycles. The van der Waals surface area contributed by atoms with E-state index in [9.17, 15) is 4.79 Å². The molecule has 1 aromatic heterocycles. The summed E-state index contributed by atoms with van der Waals surface area (Å²) < 4.78 is 0. The molecule has 3 N–H and O–H groups in total. The number of carbonyl (C=O) groups is 1. The smallest absolute Gasteiger partial charge is 0.236 e. The van der Waals surface area contributed by atoms with Gasteiger partial charge in [0.25, 0.3) is 0 Å². The lowest BCUT2D eigenvalue weighted by Gasteiger charge is -2.05. The number of rotatable bonds is 4. The van der Waals surface area contributed by atoms with Gasteiger partial charge in [-0.2, -0.15) is 0 Å². The number of thiazole rings is 1. The van der Waals surface area contributed by atoms with E-state index in [1.54, 1.807) is 18.3 Å². The van der Waals surface area contributed by atoms with Crippen LogP contribution in [0.1, 0.15) is 22.5 Å². The van der Waals surface area contributed by atoms with Crippen LogP contribution >= 0.6 is 36.2 Å². The Morgan fingerprint density at radius 2 is 2.06 bits per heavy atom. The summed E-state index contributed by atoms with van der Waals surface area (Å²) in [6.45, 7) is 6.33. The van der Waals surface area contributed by atoms with Crippen LogP contribution < -0.4 is 11.1 Å². The first kappa shape index (κ1) is 19.0. The van der Waals surface area contributed by atoms with Gasteiger partial charge in [-0.15, -0.1) is 36.2 Å². The lowest BCUT2D eigenvalue weighted by molar-refractivity contribution is -0.121. The summed E-state index contributed by atoms with van der Waals surface area (Å²) in [7, 11) is 0. The molecule has 0 aromatic carbocycles. The highest BCUT2D eigenvalue weighted by atomic mass is 35.5. The Labute approximate surface area is 118 Å². The molecule has 100 valence electrons. The van der Waals surface area contributed by atoms with Crippen molar-refractivity contribution in [2.75, 3.05) is 6.54 Å². The van der Waals surface area contributed by atoms with Crippen LogP contribution in [0.25, 0.3) is 0 Å². The van der Waals surface area contributed by atoms with Gasteiger partial charge >= 0.3 is 0 Å². The Morgan fingerprint density at radius 1 is 1.47 bits per heavy atom. The lowest BCUT2D eigenvalue weighted by atomic mass is 10.3. The second-order valence-electron chi connectivity index (χ2n) is 3.58. The molecule has 1 amide bonds. The zero-order chi connectivity index (χ0) is 11.4. The Kier molecular flexibility index (Phi) is 9.71. The Hall–Kier alpha value is -0.360. The molecule has 0 unspecified atom stereocenters. The molecule has 0 aliphatic heterocycles. The van der Waals surface area contributed by atoms with Crippen LogP contribution in [0.5, 0.6) is 0 Å². The molecular formula is C10H19Cl2N3OS. The van der Waals surface area contributed by atoms with Crippen LogP contribution in [0.2, 0.25) is 0 Å². The van der Waals surface area contributed by atoms with Crippen molar-refractivity contribution in [2.45, 2.75) is 33.2 Å². The van der Waals surface area contributed by atoms with E-state index >= 15 is 0 Å². The van der Waals surface area contributed by atoms with Gasteiger partial charge in [0.15, 0.2) is 0 Å². The van der Waals surface area contributed by atoms with Gasteiger partial charge in [0.05, 0.1) is 16.7 Å². The molecule has 0 saturated carbocycles. The summed E-state index contributed by atoms with van der Waals surface area (Å²) in [5.74, 6) is -0.111. The van der Waals surface area contributed by atoms with Crippen LogP contribution in [0, 0.1) is 13.8 Å². The van der Waals surface area contributed by atoms with Crippen molar-refractivity contribution in [1.82, 2.24) is 10.3 Å². The van der Waals surface area contributed by atoms with Crippen molar-refractivity contribution in [3.8, 4) is 0 Å². The van der Waals surface area contributed by atoms with E-state index in [0.29, 0.717) is 6.54 Å². The van der Waals surface area contributed by atoms with E-state index in [0.717, 1.165) is 17.1 Å². The highest BCUT2D eigenvalue weighted by molar-refractivity contribution is 7.11. The topological polar surface area (TPSA) is 68.0 Å². The van der Waals surface area contributed by atoms with Gasteiger partial charge in [0.2, 0.25) is 5.91 Å². The minimum absolute atomic E-state index is 0. The minimum atomic E-state index is -0.440. The van der Waals surface area contributed by atoms with Crippen LogP contribution in [0.3, 0.4) is 0 Å². The fourth-order valence-electron chi connectivity index (χ4n) is 1.10. The minimum Gasteiger partial charge on any atom is -0.354 e. The summed E-state index contributed by atoms with van der Waals surface area (Å²) in [6, 6.07) is -0.440. The van der Waals surface area contributed by atoms with Gasteiger partial charge in [-0.3, -0.25) is 4.79 Å². The number of hydrogen-bond donors (Lipinski definition) is 2. The van der Waals surface area contributed by atoms with Gasteiger partial charge in [-0.05, 0) is 20.8 Å². The highest BCUT2D eigenvalue weighted by Gasteiger charge is 2.07. The lowest BCUT2D eigenvalue weighted by Crippen LogP contribution is -2.39. The van der Waals surface area contributed by atoms with Crippen molar-refractivity contribution in [3.05, 3.63) is 15.6 Å². The maximum absolute atomic E-state index is 11.2. The van der Waals surface area contributed by atoms with Gasteiger partial charge < -0.3 is 11.1 Å². The first-order chi connectivity index (χ1) is 7.00. The van der Waals surface area contributed by atoms with Crippen molar-refractivity contribution in [3.63, 3.8) is 0 Å². The zero-order valence-electron chi connectivity index (χ0n) is 10.1. The molecule has 0 spiro atoms. The van der Waals surface area contributed by atoms with E-state index in [-0.39, 0.29) is 30.7 Å². The van der Waals surface area contributed by atoms with E-state index in [4.69, 9.17) is 5.73 Å². The van der Waals surface area contributed by atoms with E-state index in [2.05, 4.69) is 17.2 Å². The number of nitrogens with one attached hydrogen (secondary N) is 1. The summed E-state index contributed by atoms with van der Waals surface area (Å²) in [4.78, 5) is 16.8. The number of nitrogens with two attached hydrogens (primary N) is 1. The standard InChI is InChI=1S/C10H17N3OS.2ClH/c1-6(11)10(14)12-5-4-9-13-7(2)8(3)15-9;;/h6H,4-5,11H2,1-3H3,(H,12,14);2*1H/t6-;;/m1../s1. The molecular weight excluding hydrogens is 281 g/mol. The van der Waals surface area contributed by atoms with Crippen LogP contribution in [0.4, 0.5) is 0 Å². The monoisotopic (exact) mass is 299 g/mol. The summed E-state index contributed by atoms with van der Waals surface area (Å²) in [5, 5.41) is 3.83. The van der Waals surface area contributed by atoms with Crippen LogP contribution in [-0.4, -0.2) is 23.5 Å². The number of aromatic nitrogens is 1. The molecule has 1 aromatic rings. The van der Waals surface area contributed by atoms with Gasteiger partial charge in [0.1, 0.15) is 0 Å². The van der Waals surface area contributed by atoms with Gasteiger partial charge in [-0.25, -0.2) is 4.98 Å². The number of hydrogen-bond acceptors (Lipinski definition) is 4. The SMILES string of the molecule is Cc1nc(CCNC(=O)[C@@H](C)N)sc1C.Cl.Cl. The number of aryl methyl sites for hydroxylation is 2. The van der Waals surface area contributed by atoms with E-state index in [1.165, 1.54) is 4.88 Å². The van der Waals surface area contributed by atoms with Crippen molar-refractivity contribution < 1.29 is 4.79 Å². The quantitative estimate of drug-likeness (QED) is 0.887. The second kappa shape index (κ2) is 8.69. The average Bonchev–Trinajstić information content (AvgIpc) is 2.46. The molecule has 17 heavy (non-hydrogen) atoms. The molecule has 0 saturated heterocycles. The molecule has 0 fully saturated rings. The fraction of sp³-hybridized carbons (Fsp3) is 0.600. The molecule has 0 aliphatic rings. The third-order valence-corrected chi connectivity index (χ3v) is 3.26. The third kappa shape index (κ3) is 6.21. The molecule has 4 nitrogen and oxygen atoms in total. The number of nitrogens with zero attached hydrogens (tertiary/aromatic N) is 1. The van der Waals surface area contributed by atoms with Crippen molar-refractivity contribution in [1.29, 1.82) is 0 Å². The number of halogens is 2. The third-order valence-electron chi connectivity index (χ3n) is 2.12. The Morgan fingerprint density at radius 3 is 2.47 bits per heavy atom. The Bertz CT molecular complexity index is 336. The van der Waals surface area contributed by atoms with E-state index < -0.39 is 6.04 Å². The number of amides is 1. The summed E-state index contributed by atoms with van der Waals surface area (Å²) in [5.41, 5.74) is 6.50. The molecule has 0 aliphatic carbocycles. The maximum atomic E-state index is 11.2. The van der Waals surface area contributed by atoms with Gasteiger partial charge in [-0.1, -0.05) is 0 Å². The van der Waals surface area contributed by atoms with Crippen molar-refractivity contribution in [2.24, 2.45) is 5.73 Å². The fourth-order valence-corrected chi connectivity index (χ4v) is 2.03. The molecule has 7 heteroatoms. The normalized spacial score (nSPS) is 11.1. The molecule has 1 rings (SSSR count). The van der Waals surface area contributed by atoms with Crippen LogP contribution in [0.15, 0.2) is 0 Å². The largest absolute Gasteiger partial charge is 0.354 e. The van der Waals surface area contributed by atoms with E-state index in [1.807, 2.05) is 6.92 Å². The van der Waals surface area contributed by atoms with Crippen LogP contribution in [-0.2, 0) is 11.2 Å². The number of carbonyl (C=O) groups excluding carboxylic acids is 1. The molecule has 1 atom stereocenters. The average molecular weight is 300 g/mol. The molecule has 0 radical (unpaired) electrons. The van der Waals surface area contributed by atoms with Gasteiger partial charge in [0, 0.05) is 17.8 Å². The predicted octanol–water partition coefficient (Wildman–Crippen LogP) is 1.61. The maximum Gasteiger partial charge on any atom is 0.236 e. The predicted molar refractivity (Wildman–Crippen MR) is 76.4 cm³/mol. The first-order valence-corrected chi connectivity index (χ1v) is 5.78. The summed E-state index contributed by atoms with van der Waals surface area (Å²) >= 11 is 1.68. The Balaban J connectivity index is 0. The zero-order valence-corrected chi connectivity index (χ0v) is 12.6. The summed E-state index contributed by atoms with van der Waals surface area (Å²) in [6.07, 6.45) is 0.776. The first-order valence-electron chi connectivity index (χ1n) is 4.97.